The fourth-order valence-electron chi connectivity index (χ4n) is 6.10. The fraction of sp³-hybridized carbons (Fsp3) is 0.517. The lowest BCUT2D eigenvalue weighted by molar-refractivity contribution is 0.226. The molecule has 2 saturated heterocycles. The van der Waals surface area contributed by atoms with Crippen molar-refractivity contribution in [2.75, 3.05) is 63.2 Å². The molecule has 6 rings (SSSR count). The summed E-state index contributed by atoms with van der Waals surface area (Å²) in [4.78, 5) is 14.5. The van der Waals surface area contributed by atoms with Gasteiger partial charge in [0.25, 0.3) is 0 Å². The molecule has 3 aromatic rings. The predicted octanol–water partition coefficient (Wildman–Crippen LogP) is 4.04. The number of aryl methyl sites for hydroxylation is 1. The van der Waals surface area contributed by atoms with Gasteiger partial charge in [-0.05, 0) is 63.4 Å². The van der Waals surface area contributed by atoms with Crippen molar-refractivity contribution >= 4 is 34.6 Å². The van der Waals surface area contributed by atoms with Crippen LogP contribution in [-0.4, -0.2) is 83.8 Å². The Bertz CT molecular complexity index is 1330. The van der Waals surface area contributed by atoms with E-state index >= 15 is 0 Å². The third kappa shape index (κ3) is 4.85. The third-order valence-corrected chi connectivity index (χ3v) is 8.65. The molecule has 1 atom stereocenters. The van der Waals surface area contributed by atoms with Gasteiger partial charge in [-0.15, -0.1) is 0 Å². The van der Waals surface area contributed by atoms with Crippen LogP contribution in [0.4, 0.5) is 11.6 Å². The van der Waals surface area contributed by atoms with Crippen molar-refractivity contribution < 1.29 is 0 Å². The average molecular weight is 535 g/mol. The van der Waals surface area contributed by atoms with Crippen molar-refractivity contribution in [2.45, 2.75) is 44.2 Å². The van der Waals surface area contributed by atoms with Crippen LogP contribution in [0.1, 0.15) is 48.5 Å². The Morgan fingerprint density at radius 3 is 2.66 bits per heavy atom. The van der Waals surface area contributed by atoms with Crippen molar-refractivity contribution in [1.82, 2.24) is 24.4 Å². The number of hydrogen-bond donors (Lipinski definition) is 1. The number of rotatable bonds is 1. The van der Waals surface area contributed by atoms with E-state index in [9.17, 15) is 0 Å². The van der Waals surface area contributed by atoms with Gasteiger partial charge in [0.1, 0.15) is 11.6 Å². The molecule has 9 heteroatoms. The van der Waals surface area contributed by atoms with Gasteiger partial charge in [-0.1, -0.05) is 24.2 Å². The molecule has 2 bridgehead atoms. The van der Waals surface area contributed by atoms with Crippen LogP contribution in [0.3, 0.4) is 0 Å². The van der Waals surface area contributed by atoms with Gasteiger partial charge in [0.15, 0.2) is 5.65 Å². The summed E-state index contributed by atoms with van der Waals surface area (Å²) in [6.07, 6.45) is 5.46. The lowest BCUT2D eigenvalue weighted by atomic mass is 9.94. The first-order valence-electron chi connectivity index (χ1n) is 13.9. The number of piperidine rings is 1. The summed E-state index contributed by atoms with van der Waals surface area (Å²) >= 11 is 6.51. The van der Waals surface area contributed by atoms with Crippen LogP contribution in [0.2, 0.25) is 5.02 Å². The van der Waals surface area contributed by atoms with Crippen LogP contribution in [0.5, 0.6) is 0 Å². The highest BCUT2D eigenvalue weighted by Gasteiger charge is 2.31. The first kappa shape index (κ1) is 25.5. The van der Waals surface area contributed by atoms with Crippen molar-refractivity contribution in [1.29, 1.82) is 0 Å². The number of halogens is 1. The van der Waals surface area contributed by atoms with Crippen molar-refractivity contribution in [3.05, 3.63) is 58.8 Å². The van der Waals surface area contributed by atoms with Crippen LogP contribution in [0, 0.1) is 0 Å². The van der Waals surface area contributed by atoms with Crippen LogP contribution >= 0.6 is 11.6 Å². The number of anilines is 2. The van der Waals surface area contributed by atoms with Crippen LogP contribution < -0.4 is 15.5 Å². The van der Waals surface area contributed by atoms with Crippen LogP contribution in [0.15, 0.2) is 36.9 Å². The molecular formula is C29H39ClN8. The van der Waals surface area contributed by atoms with Gasteiger partial charge in [0.2, 0.25) is 0 Å². The topological polar surface area (TPSA) is 69.2 Å². The molecule has 3 aliphatic rings. The summed E-state index contributed by atoms with van der Waals surface area (Å²) in [5.41, 5.74) is 11.6. The molecule has 202 valence electrons. The van der Waals surface area contributed by atoms with Crippen molar-refractivity contribution in [3.63, 3.8) is 0 Å². The van der Waals surface area contributed by atoms with E-state index in [4.69, 9.17) is 27.4 Å². The molecule has 0 saturated carbocycles. The summed E-state index contributed by atoms with van der Waals surface area (Å²) in [5, 5.41) is 5.95. The second kappa shape index (κ2) is 10.4. The lowest BCUT2D eigenvalue weighted by Gasteiger charge is -2.38. The zero-order chi connectivity index (χ0) is 26.4. The summed E-state index contributed by atoms with van der Waals surface area (Å²) in [7, 11) is 4.37. The molecule has 2 fully saturated rings. The smallest absolute Gasteiger partial charge is 0.160 e. The molecule has 1 aromatic carbocycles. The van der Waals surface area contributed by atoms with Crippen LogP contribution in [-0.2, 0) is 6.42 Å². The SMILES string of the molecule is C=C1c2cc(Cl)ccc2CCCN(C)CCN(C)c2cc(N3CC(N)C3)nc3cc(nn23)C2CCCCN12. The van der Waals surface area contributed by atoms with Gasteiger partial charge < -0.3 is 25.3 Å². The summed E-state index contributed by atoms with van der Waals surface area (Å²) in [5.74, 6) is 2.04. The molecule has 0 aliphatic carbocycles. The van der Waals surface area contributed by atoms with Gasteiger partial charge in [-0.25, -0.2) is 4.98 Å². The molecule has 1 unspecified atom stereocenters. The second-order valence-corrected chi connectivity index (χ2v) is 11.7. The Balaban J connectivity index is 1.45. The minimum atomic E-state index is 0.155. The summed E-state index contributed by atoms with van der Waals surface area (Å²) in [6.45, 7) is 10.2. The predicted molar refractivity (Wildman–Crippen MR) is 156 cm³/mol. The molecule has 3 aliphatic heterocycles. The normalized spacial score (nSPS) is 22.1. The average Bonchev–Trinajstić information content (AvgIpc) is 3.33. The molecule has 0 spiro atoms. The maximum atomic E-state index is 6.51. The largest absolute Gasteiger partial charge is 0.363 e. The van der Waals surface area contributed by atoms with Gasteiger partial charge in [-0.3, -0.25) is 0 Å². The van der Waals surface area contributed by atoms with E-state index in [1.54, 1.807) is 0 Å². The molecule has 0 radical (unpaired) electrons. The highest BCUT2D eigenvalue weighted by atomic mass is 35.5. The Morgan fingerprint density at radius 2 is 1.84 bits per heavy atom. The summed E-state index contributed by atoms with van der Waals surface area (Å²) in [6, 6.07) is 11.0. The fourth-order valence-corrected chi connectivity index (χ4v) is 6.27. The first-order chi connectivity index (χ1) is 18.4. The standard InChI is InChI=1S/C29H39ClN8/c1-20-24-15-22(30)10-9-21(24)7-6-11-34(2)13-14-35(3)29-17-27(36-18-23(31)19-36)32-28-16-25(33-38(28)29)26-8-4-5-12-37(20)26/h9-10,15-17,23,26H,1,4-8,11-14,18-19,31H2,2-3H3. The lowest BCUT2D eigenvalue weighted by Crippen LogP contribution is -2.56. The monoisotopic (exact) mass is 534 g/mol. The molecule has 2 aromatic heterocycles. The molecular weight excluding hydrogens is 496 g/mol. The van der Waals surface area contributed by atoms with Gasteiger partial charge in [-0.2, -0.15) is 9.61 Å². The van der Waals surface area contributed by atoms with Gasteiger partial charge in [0, 0.05) is 74.2 Å². The number of nitrogens with two attached hydrogens (primary N) is 1. The number of benzene rings is 1. The number of aromatic nitrogens is 3. The zero-order valence-corrected chi connectivity index (χ0v) is 23.4. The third-order valence-electron chi connectivity index (χ3n) is 8.42. The highest BCUT2D eigenvalue weighted by molar-refractivity contribution is 6.30. The minimum Gasteiger partial charge on any atom is -0.363 e. The van der Waals surface area contributed by atoms with E-state index in [-0.39, 0.29) is 12.1 Å². The second-order valence-electron chi connectivity index (χ2n) is 11.3. The van der Waals surface area contributed by atoms with Crippen LogP contribution in [0.25, 0.3) is 11.3 Å². The molecule has 38 heavy (non-hydrogen) atoms. The molecule has 8 nitrogen and oxygen atoms in total. The Morgan fingerprint density at radius 1 is 1.00 bits per heavy atom. The number of fused-ring (bicyclic) bond motifs is 4. The van der Waals surface area contributed by atoms with E-state index in [0.717, 1.165) is 104 Å². The first-order valence-corrected chi connectivity index (χ1v) is 14.3. The Hall–Kier alpha value is -2.81. The maximum Gasteiger partial charge on any atom is 0.160 e. The van der Waals surface area contributed by atoms with Gasteiger partial charge in [0.05, 0.1) is 11.7 Å². The maximum absolute atomic E-state index is 6.51. The minimum absolute atomic E-state index is 0.155. The highest BCUT2D eigenvalue weighted by Crippen LogP contribution is 2.38. The van der Waals surface area contributed by atoms with Crippen molar-refractivity contribution in [3.8, 4) is 0 Å². The zero-order valence-electron chi connectivity index (χ0n) is 22.6. The Labute approximate surface area is 230 Å². The number of nitrogens with zero attached hydrogens (tertiary/aromatic N) is 7. The number of hydrogen-bond acceptors (Lipinski definition) is 7. The van der Waals surface area contributed by atoms with E-state index in [1.165, 1.54) is 12.0 Å². The van der Waals surface area contributed by atoms with E-state index in [0.29, 0.717) is 0 Å². The van der Waals surface area contributed by atoms with E-state index in [2.05, 4.69) is 64.5 Å². The van der Waals surface area contributed by atoms with E-state index < -0.39 is 0 Å². The van der Waals surface area contributed by atoms with Gasteiger partial charge >= 0.3 is 0 Å². The summed E-state index contributed by atoms with van der Waals surface area (Å²) < 4.78 is 2.03. The van der Waals surface area contributed by atoms with Crippen molar-refractivity contribution in [2.24, 2.45) is 5.73 Å². The molecule has 0 amide bonds. The molecule has 5 heterocycles. The quantitative estimate of drug-likeness (QED) is 0.505. The Kier molecular flexibility index (Phi) is 6.97. The van der Waals surface area contributed by atoms with E-state index in [1.807, 2.05) is 10.6 Å². The number of likely N-dealkylation sites (N-methyl/N-ethyl adjacent to an activating group) is 2. The molecule has 2 N–H and O–H groups in total.